The van der Waals surface area contributed by atoms with Crippen LogP contribution in [-0.2, 0) is 26.3 Å². The van der Waals surface area contributed by atoms with Crippen molar-refractivity contribution in [1.29, 1.82) is 0 Å². The summed E-state index contributed by atoms with van der Waals surface area (Å²) in [7, 11) is 0. The van der Waals surface area contributed by atoms with Crippen molar-refractivity contribution < 1.29 is 18.8 Å². The molecule has 3 amide bonds. The molecule has 0 radical (unpaired) electrons. The minimum absolute atomic E-state index is 0.127. The molecule has 2 atom stereocenters. The summed E-state index contributed by atoms with van der Waals surface area (Å²) < 4.78 is 15.5. The van der Waals surface area contributed by atoms with Gasteiger partial charge in [0.15, 0.2) is 5.82 Å². The number of anilines is 1. The van der Waals surface area contributed by atoms with Crippen molar-refractivity contribution in [2.45, 2.75) is 76.9 Å². The minimum atomic E-state index is -1.23. The fraction of sp³-hybridized carbons (Fsp3) is 0.455. The van der Waals surface area contributed by atoms with Crippen molar-refractivity contribution in [1.82, 2.24) is 19.8 Å². The molecule has 1 aliphatic heterocycles. The lowest BCUT2D eigenvalue weighted by Gasteiger charge is -2.38. The van der Waals surface area contributed by atoms with Crippen LogP contribution in [0.5, 0.6) is 0 Å². The number of likely N-dealkylation sites (tertiary alicyclic amines) is 1. The molecule has 0 spiro atoms. The van der Waals surface area contributed by atoms with Crippen LogP contribution in [0.15, 0.2) is 67.1 Å². The van der Waals surface area contributed by atoms with Gasteiger partial charge in [0.25, 0.3) is 5.91 Å². The van der Waals surface area contributed by atoms with E-state index >= 15 is 0 Å². The van der Waals surface area contributed by atoms with E-state index in [1.54, 1.807) is 43.7 Å². The van der Waals surface area contributed by atoms with Crippen LogP contribution < -0.4 is 16.4 Å². The van der Waals surface area contributed by atoms with Crippen LogP contribution in [0.3, 0.4) is 0 Å². The number of halogens is 1. The maximum atomic E-state index is 14.0. The zero-order valence-corrected chi connectivity index (χ0v) is 25.5. The van der Waals surface area contributed by atoms with Gasteiger partial charge in [-0.15, -0.1) is 0 Å². The fourth-order valence-corrected chi connectivity index (χ4v) is 5.29. The summed E-state index contributed by atoms with van der Waals surface area (Å²) in [4.78, 5) is 46.5. The molecule has 10 heteroatoms. The highest BCUT2D eigenvalue weighted by molar-refractivity contribution is 5.98. The lowest BCUT2D eigenvalue weighted by molar-refractivity contribution is -0.139. The van der Waals surface area contributed by atoms with Crippen LogP contribution in [0.25, 0.3) is 0 Å². The molecule has 1 aromatic heterocycles. The summed E-state index contributed by atoms with van der Waals surface area (Å²) in [6, 6.07) is 14.9. The number of carbonyl (C=O) groups is 3. The number of carbonyl (C=O) groups excluding carboxylic acids is 3. The predicted octanol–water partition coefficient (Wildman–Crippen LogP) is 4.23. The average Bonchev–Trinajstić information content (AvgIpc) is 3.45. The highest BCUT2D eigenvalue weighted by Gasteiger charge is 2.41. The van der Waals surface area contributed by atoms with Crippen molar-refractivity contribution in [3.63, 3.8) is 0 Å². The van der Waals surface area contributed by atoms with Crippen LogP contribution in [0, 0.1) is 11.7 Å². The molecule has 0 saturated carbocycles. The van der Waals surface area contributed by atoms with E-state index in [0.717, 1.165) is 24.8 Å². The summed E-state index contributed by atoms with van der Waals surface area (Å²) in [6.45, 7) is 8.40. The number of aryl methyl sites for hydroxylation is 1. The van der Waals surface area contributed by atoms with E-state index in [2.05, 4.69) is 22.5 Å². The molecule has 3 aromatic rings. The Hall–Kier alpha value is -4.05. The topological polar surface area (TPSA) is 122 Å². The number of amides is 3. The molecule has 4 N–H and O–H groups in total. The summed E-state index contributed by atoms with van der Waals surface area (Å²) in [6.07, 6.45) is 6.71. The molecule has 2 heterocycles. The number of piperidine rings is 1. The number of nitrogens with zero attached hydrogens (tertiary/aromatic N) is 3. The van der Waals surface area contributed by atoms with E-state index in [1.807, 2.05) is 35.2 Å². The second kappa shape index (κ2) is 13.5. The smallest absolute Gasteiger partial charge is 0.253 e. The molecule has 230 valence electrons. The van der Waals surface area contributed by atoms with E-state index in [-0.39, 0.29) is 11.7 Å². The Balaban J connectivity index is 1.55. The van der Waals surface area contributed by atoms with Crippen LogP contribution >= 0.6 is 0 Å². The summed E-state index contributed by atoms with van der Waals surface area (Å²) in [5, 5.41) is 5.60. The van der Waals surface area contributed by atoms with Gasteiger partial charge < -0.3 is 25.8 Å². The molecule has 43 heavy (non-hydrogen) atoms. The van der Waals surface area contributed by atoms with Gasteiger partial charge in [-0.2, -0.15) is 0 Å². The number of nitrogens with one attached hydrogen (secondary N) is 2. The number of imidazole rings is 1. The molecule has 1 aliphatic rings. The quantitative estimate of drug-likeness (QED) is 0.309. The van der Waals surface area contributed by atoms with Crippen LogP contribution in [0.2, 0.25) is 0 Å². The number of hydrogen-bond donors (Lipinski definition) is 3. The van der Waals surface area contributed by atoms with Crippen molar-refractivity contribution >= 4 is 23.5 Å². The van der Waals surface area contributed by atoms with Gasteiger partial charge in [-0.05, 0) is 82.1 Å². The molecule has 0 aliphatic carbocycles. The Morgan fingerprint density at radius 3 is 2.33 bits per heavy atom. The zero-order chi connectivity index (χ0) is 31.2. The van der Waals surface area contributed by atoms with Gasteiger partial charge >= 0.3 is 0 Å². The van der Waals surface area contributed by atoms with Gasteiger partial charge in [0, 0.05) is 19.3 Å². The van der Waals surface area contributed by atoms with Crippen LogP contribution in [0.4, 0.5) is 10.2 Å². The summed E-state index contributed by atoms with van der Waals surface area (Å²) in [5.74, 6) is -0.628. The fourth-order valence-electron chi connectivity index (χ4n) is 5.29. The monoisotopic (exact) mass is 590 g/mol. The SMILES string of the molecule is CC1CCN(C(=O)[C@@](C)(c2ccc(F)cc2)n2cnc(NC(=O)[C@@H](CCCc3ccccc3)NC(=O)C(C)(C)N)c2)CC1. The molecule has 1 saturated heterocycles. The first kappa shape index (κ1) is 31.9. The molecular formula is C33H43FN6O3. The highest BCUT2D eigenvalue weighted by atomic mass is 19.1. The molecule has 0 unspecified atom stereocenters. The van der Waals surface area contributed by atoms with E-state index in [4.69, 9.17) is 5.73 Å². The Morgan fingerprint density at radius 2 is 1.70 bits per heavy atom. The molecule has 0 bridgehead atoms. The van der Waals surface area contributed by atoms with E-state index in [1.165, 1.54) is 18.5 Å². The number of rotatable bonds is 11. The Labute approximate surface area is 253 Å². The summed E-state index contributed by atoms with van der Waals surface area (Å²) >= 11 is 0. The zero-order valence-electron chi connectivity index (χ0n) is 25.5. The first-order valence-corrected chi connectivity index (χ1v) is 14.9. The van der Waals surface area contributed by atoms with Crippen LogP contribution in [0.1, 0.15) is 64.5 Å². The van der Waals surface area contributed by atoms with Crippen molar-refractivity contribution in [2.75, 3.05) is 18.4 Å². The van der Waals surface area contributed by atoms with E-state index < -0.39 is 34.8 Å². The molecular weight excluding hydrogens is 547 g/mol. The second-order valence-corrected chi connectivity index (χ2v) is 12.3. The van der Waals surface area contributed by atoms with Crippen molar-refractivity contribution in [2.24, 2.45) is 11.7 Å². The van der Waals surface area contributed by atoms with Crippen LogP contribution in [-0.4, -0.2) is 56.8 Å². The van der Waals surface area contributed by atoms with Gasteiger partial charge in [0.05, 0.1) is 11.9 Å². The summed E-state index contributed by atoms with van der Waals surface area (Å²) in [5.41, 5.74) is 5.34. The lowest BCUT2D eigenvalue weighted by atomic mass is 9.88. The van der Waals surface area contributed by atoms with E-state index in [0.29, 0.717) is 37.4 Å². The number of hydrogen-bond acceptors (Lipinski definition) is 5. The Morgan fingerprint density at radius 1 is 1.05 bits per heavy atom. The normalized spacial score (nSPS) is 16.3. The second-order valence-electron chi connectivity index (χ2n) is 12.3. The van der Waals surface area contributed by atoms with Crippen molar-refractivity contribution in [3.8, 4) is 0 Å². The van der Waals surface area contributed by atoms with E-state index in [9.17, 15) is 18.8 Å². The number of benzene rings is 2. The Kier molecular flexibility index (Phi) is 10.0. The first-order chi connectivity index (χ1) is 20.4. The maximum absolute atomic E-state index is 14.0. The first-order valence-electron chi connectivity index (χ1n) is 14.9. The number of nitrogens with two attached hydrogens (primary N) is 1. The van der Waals surface area contributed by atoms with Gasteiger partial charge in [-0.3, -0.25) is 14.4 Å². The standard InChI is InChI=1S/C33H43FN6O3/c1-23-17-19-39(20-18-23)31(43)33(4,25-13-15-26(34)16-14-25)40-21-28(36-22-40)38-29(41)27(37-30(42)32(2,3)35)12-8-11-24-9-6-5-7-10-24/h5-7,9-10,13-16,21-23,27H,8,11-12,17-20,35H2,1-4H3,(H,37,42)(H,38,41)/t27-,33-/m1/s1. The van der Waals surface area contributed by atoms with Crippen molar-refractivity contribution in [3.05, 3.63) is 84.1 Å². The lowest BCUT2D eigenvalue weighted by Crippen LogP contribution is -2.54. The highest BCUT2D eigenvalue weighted by Crippen LogP contribution is 2.32. The van der Waals surface area contributed by atoms with Gasteiger partial charge in [0.2, 0.25) is 11.8 Å². The third-order valence-corrected chi connectivity index (χ3v) is 8.25. The molecule has 9 nitrogen and oxygen atoms in total. The van der Waals surface area contributed by atoms with Gasteiger partial charge in [-0.1, -0.05) is 49.4 Å². The maximum Gasteiger partial charge on any atom is 0.253 e. The molecule has 4 rings (SSSR count). The number of aromatic nitrogens is 2. The van der Waals surface area contributed by atoms with Gasteiger partial charge in [-0.25, -0.2) is 9.37 Å². The van der Waals surface area contributed by atoms with Gasteiger partial charge in [0.1, 0.15) is 17.4 Å². The largest absolute Gasteiger partial charge is 0.343 e. The molecule has 1 fully saturated rings. The predicted molar refractivity (Wildman–Crippen MR) is 165 cm³/mol. The minimum Gasteiger partial charge on any atom is -0.343 e. The average molecular weight is 591 g/mol. The Bertz CT molecular complexity index is 1390. The third kappa shape index (κ3) is 7.87. The molecule has 2 aromatic carbocycles. The third-order valence-electron chi connectivity index (χ3n) is 8.25.